The highest BCUT2D eigenvalue weighted by atomic mass is 16.2. The van der Waals surface area contributed by atoms with Gasteiger partial charge in [0.1, 0.15) is 0 Å². The lowest BCUT2D eigenvalue weighted by molar-refractivity contribution is -0.126. The molecule has 1 saturated heterocycles. The molecule has 4 rings (SSSR count). The molecule has 0 spiro atoms. The van der Waals surface area contributed by atoms with Crippen LogP contribution in [0.15, 0.2) is 54.6 Å². The number of carbonyl (C=O) groups excluding carboxylic acids is 2. The van der Waals surface area contributed by atoms with Gasteiger partial charge in [0.15, 0.2) is 0 Å². The van der Waals surface area contributed by atoms with Crippen LogP contribution in [-0.4, -0.2) is 27.9 Å². The molecular weight excluding hydrogens is 316 g/mol. The van der Waals surface area contributed by atoms with Crippen LogP contribution < -0.4 is 10.6 Å². The van der Waals surface area contributed by atoms with Gasteiger partial charge in [-0.25, -0.2) is 4.98 Å². The predicted octanol–water partition coefficient (Wildman–Crippen LogP) is 2.49. The number of piperidine rings is 1. The van der Waals surface area contributed by atoms with Crippen molar-refractivity contribution in [3.63, 3.8) is 0 Å². The van der Waals surface area contributed by atoms with Crippen molar-refractivity contribution in [3.05, 3.63) is 54.6 Å². The van der Waals surface area contributed by atoms with Crippen molar-refractivity contribution >= 4 is 28.8 Å². The summed E-state index contributed by atoms with van der Waals surface area (Å²) in [4.78, 5) is 28.5. The first-order valence-corrected chi connectivity index (χ1v) is 8.33. The van der Waals surface area contributed by atoms with Crippen LogP contribution >= 0.6 is 0 Å². The van der Waals surface area contributed by atoms with Crippen LogP contribution in [-0.2, 0) is 9.59 Å². The molecule has 6 nitrogen and oxygen atoms in total. The zero-order valence-electron chi connectivity index (χ0n) is 13.6. The van der Waals surface area contributed by atoms with Gasteiger partial charge in [-0.1, -0.05) is 30.3 Å². The minimum Gasteiger partial charge on any atom is -0.355 e. The van der Waals surface area contributed by atoms with Gasteiger partial charge in [0, 0.05) is 18.7 Å². The Bertz CT molecular complexity index is 923. The van der Waals surface area contributed by atoms with Crippen molar-refractivity contribution in [1.29, 1.82) is 0 Å². The highest BCUT2D eigenvalue weighted by Gasteiger charge is 2.26. The third-order valence-electron chi connectivity index (χ3n) is 4.45. The molecule has 2 heterocycles. The number of carbonyl (C=O) groups is 2. The summed E-state index contributed by atoms with van der Waals surface area (Å²) in [5, 5.41) is 5.69. The van der Waals surface area contributed by atoms with Crippen LogP contribution in [0.3, 0.4) is 0 Å². The Morgan fingerprint density at radius 3 is 2.64 bits per heavy atom. The Kier molecular flexibility index (Phi) is 3.93. The number of anilines is 1. The number of fused-ring (bicyclic) bond motifs is 1. The summed E-state index contributed by atoms with van der Waals surface area (Å²) in [6.45, 7) is 0.371. The summed E-state index contributed by atoms with van der Waals surface area (Å²) in [5.41, 5.74) is 2.68. The second kappa shape index (κ2) is 6.39. The van der Waals surface area contributed by atoms with E-state index in [1.54, 1.807) is 0 Å². The average molecular weight is 334 g/mol. The topological polar surface area (TPSA) is 76.0 Å². The first-order valence-electron chi connectivity index (χ1n) is 8.33. The molecule has 0 bridgehead atoms. The Balaban J connectivity index is 1.69. The molecular formula is C19H18N4O2. The number of nitrogens with zero attached hydrogens (tertiary/aromatic N) is 2. The van der Waals surface area contributed by atoms with E-state index in [0.717, 1.165) is 16.7 Å². The Labute approximate surface area is 144 Å². The maximum Gasteiger partial charge on any atom is 0.231 e. The van der Waals surface area contributed by atoms with Gasteiger partial charge in [0.25, 0.3) is 0 Å². The minimum atomic E-state index is -0.235. The fourth-order valence-corrected chi connectivity index (χ4v) is 3.12. The Morgan fingerprint density at radius 2 is 1.88 bits per heavy atom. The van der Waals surface area contributed by atoms with Gasteiger partial charge in [-0.15, -0.1) is 0 Å². The van der Waals surface area contributed by atoms with Gasteiger partial charge >= 0.3 is 0 Å². The van der Waals surface area contributed by atoms with Crippen molar-refractivity contribution in [3.8, 4) is 5.69 Å². The molecule has 3 aromatic rings. The molecule has 1 fully saturated rings. The van der Waals surface area contributed by atoms with E-state index in [1.807, 2.05) is 59.2 Å². The molecule has 2 aromatic carbocycles. The fourth-order valence-electron chi connectivity index (χ4n) is 3.12. The number of para-hydroxylation sites is 3. The monoisotopic (exact) mass is 334 g/mol. The number of nitrogens with one attached hydrogen (secondary N) is 2. The van der Waals surface area contributed by atoms with Gasteiger partial charge in [-0.2, -0.15) is 0 Å². The SMILES string of the molecule is O=C1CC[C@H](C(=O)Nc2nc3ccccc3n2-c2ccccc2)CN1. The van der Waals surface area contributed by atoms with Gasteiger partial charge in [0.05, 0.1) is 17.0 Å². The van der Waals surface area contributed by atoms with Gasteiger partial charge in [0.2, 0.25) is 17.8 Å². The highest BCUT2D eigenvalue weighted by Crippen LogP contribution is 2.25. The van der Waals surface area contributed by atoms with Crippen molar-refractivity contribution in [1.82, 2.24) is 14.9 Å². The number of hydrogen-bond acceptors (Lipinski definition) is 3. The second-order valence-electron chi connectivity index (χ2n) is 6.12. The molecule has 1 aliphatic heterocycles. The van der Waals surface area contributed by atoms with Gasteiger partial charge in [-0.3, -0.25) is 19.5 Å². The number of rotatable bonds is 3. The maximum absolute atomic E-state index is 12.6. The number of benzene rings is 2. The first kappa shape index (κ1) is 15.4. The lowest BCUT2D eigenvalue weighted by Crippen LogP contribution is -2.40. The lowest BCUT2D eigenvalue weighted by Gasteiger charge is -2.21. The van der Waals surface area contributed by atoms with Crippen molar-refractivity contribution < 1.29 is 9.59 Å². The summed E-state index contributed by atoms with van der Waals surface area (Å²) in [7, 11) is 0. The molecule has 1 atom stereocenters. The van der Waals surface area contributed by atoms with Crippen LogP contribution in [0.4, 0.5) is 5.95 Å². The minimum absolute atomic E-state index is 0.000532. The highest BCUT2D eigenvalue weighted by molar-refractivity contribution is 5.95. The lowest BCUT2D eigenvalue weighted by atomic mass is 9.98. The quantitative estimate of drug-likeness (QED) is 0.773. The van der Waals surface area contributed by atoms with Crippen LogP contribution in [0.2, 0.25) is 0 Å². The maximum atomic E-state index is 12.6. The average Bonchev–Trinajstić information content (AvgIpc) is 3.00. The summed E-state index contributed by atoms with van der Waals surface area (Å²) in [5.74, 6) is 0.143. The normalized spacial score (nSPS) is 17.3. The fraction of sp³-hybridized carbons (Fsp3) is 0.211. The molecule has 2 amide bonds. The number of hydrogen-bond donors (Lipinski definition) is 2. The zero-order valence-corrected chi connectivity index (χ0v) is 13.6. The number of imidazole rings is 1. The summed E-state index contributed by atoms with van der Waals surface area (Å²) in [6, 6.07) is 17.6. The van der Waals surface area contributed by atoms with E-state index in [0.29, 0.717) is 25.3 Å². The van der Waals surface area contributed by atoms with Gasteiger partial charge < -0.3 is 5.32 Å². The van der Waals surface area contributed by atoms with E-state index in [9.17, 15) is 9.59 Å². The first-order chi connectivity index (χ1) is 12.2. The van der Waals surface area contributed by atoms with Gasteiger partial charge in [-0.05, 0) is 30.7 Å². The molecule has 0 aliphatic carbocycles. The molecule has 2 N–H and O–H groups in total. The summed E-state index contributed by atoms with van der Waals surface area (Å²) < 4.78 is 1.94. The number of aromatic nitrogens is 2. The molecule has 126 valence electrons. The van der Waals surface area contributed by atoms with Crippen molar-refractivity contribution in [2.45, 2.75) is 12.8 Å². The van der Waals surface area contributed by atoms with Crippen molar-refractivity contribution in [2.24, 2.45) is 5.92 Å². The molecule has 0 saturated carbocycles. The molecule has 1 aromatic heterocycles. The van der Waals surface area contributed by atoms with E-state index < -0.39 is 0 Å². The number of amides is 2. The third kappa shape index (κ3) is 2.98. The van der Waals surface area contributed by atoms with Crippen molar-refractivity contribution in [2.75, 3.05) is 11.9 Å². The Hall–Kier alpha value is -3.15. The van der Waals surface area contributed by atoms with Crippen LogP contribution in [0.1, 0.15) is 12.8 Å². The van der Waals surface area contributed by atoms with E-state index in [1.165, 1.54) is 0 Å². The molecule has 6 heteroatoms. The van der Waals surface area contributed by atoms with Crippen LogP contribution in [0, 0.1) is 5.92 Å². The molecule has 0 unspecified atom stereocenters. The molecule has 1 aliphatic rings. The Morgan fingerprint density at radius 1 is 1.12 bits per heavy atom. The molecule has 25 heavy (non-hydrogen) atoms. The molecule has 0 radical (unpaired) electrons. The van der Waals surface area contributed by atoms with E-state index in [4.69, 9.17) is 0 Å². The zero-order chi connectivity index (χ0) is 17.2. The third-order valence-corrected chi connectivity index (χ3v) is 4.45. The summed E-state index contributed by atoms with van der Waals surface area (Å²) >= 11 is 0. The smallest absolute Gasteiger partial charge is 0.231 e. The van der Waals surface area contributed by atoms with E-state index >= 15 is 0 Å². The van der Waals surface area contributed by atoms with Crippen LogP contribution in [0.25, 0.3) is 16.7 Å². The largest absolute Gasteiger partial charge is 0.355 e. The van der Waals surface area contributed by atoms with E-state index in [-0.39, 0.29) is 17.7 Å². The predicted molar refractivity (Wildman–Crippen MR) is 95.4 cm³/mol. The second-order valence-corrected chi connectivity index (χ2v) is 6.12. The van der Waals surface area contributed by atoms with Crippen LogP contribution in [0.5, 0.6) is 0 Å². The summed E-state index contributed by atoms with van der Waals surface area (Å²) in [6.07, 6.45) is 0.941. The van der Waals surface area contributed by atoms with E-state index in [2.05, 4.69) is 15.6 Å². The standard InChI is InChI=1S/C19H18N4O2/c24-17-11-10-13(12-20-17)18(25)22-19-21-15-8-4-5-9-16(15)23(19)14-6-2-1-3-7-14/h1-9,13H,10-12H2,(H,20,24)(H,21,22,25)/t13-/m0/s1.